The van der Waals surface area contributed by atoms with Crippen LogP contribution in [0.4, 0.5) is 0 Å². The topological polar surface area (TPSA) is 39.7 Å². The first kappa shape index (κ1) is 16.9. The van der Waals surface area contributed by atoms with Gasteiger partial charge in [0.15, 0.2) is 5.96 Å². The lowest BCUT2D eigenvalue weighted by Gasteiger charge is -2.30. The molecule has 122 valence electrons. The van der Waals surface area contributed by atoms with Crippen LogP contribution in [0.5, 0.6) is 0 Å². The molecule has 2 saturated heterocycles. The Morgan fingerprint density at radius 1 is 1.24 bits per heavy atom. The second-order valence-corrected chi connectivity index (χ2v) is 7.80. The zero-order valence-electron chi connectivity index (χ0n) is 13.7. The molecule has 1 unspecified atom stereocenters. The van der Waals surface area contributed by atoms with Crippen LogP contribution in [0.2, 0.25) is 0 Å². The van der Waals surface area contributed by atoms with Crippen LogP contribution in [0.15, 0.2) is 4.99 Å². The third-order valence-corrected chi connectivity index (χ3v) is 5.96. The maximum absolute atomic E-state index is 4.31. The quantitative estimate of drug-likeness (QED) is 0.448. The number of nitrogens with one attached hydrogen (secondary N) is 2. The smallest absolute Gasteiger partial charge is 0.191 e. The molecular weight excluding hydrogens is 280 g/mol. The van der Waals surface area contributed by atoms with Crippen molar-refractivity contribution in [3.63, 3.8) is 0 Å². The summed E-state index contributed by atoms with van der Waals surface area (Å²) in [7, 11) is 1.86. The zero-order valence-corrected chi connectivity index (χ0v) is 14.6. The minimum absolute atomic E-state index is 0.777. The van der Waals surface area contributed by atoms with Crippen molar-refractivity contribution in [3.05, 3.63) is 0 Å². The highest BCUT2D eigenvalue weighted by molar-refractivity contribution is 8.00. The van der Waals surface area contributed by atoms with E-state index in [-0.39, 0.29) is 0 Å². The van der Waals surface area contributed by atoms with Crippen molar-refractivity contribution in [2.24, 2.45) is 10.9 Å². The molecule has 0 spiro atoms. The van der Waals surface area contributed by atoms with Crippen LogP contribution in [0.25, 0.3) is 0 Å². The molecule has 5 heteroatoms. The van der Waals surface area contributed by atoms with Gasteiger partial charge in [0.05, 0.1) is 0 Å². The number of hydrogen-bond acceptors (Lipinski definition) is 3. The molecule has 0 aromatic rings. The summed E-state index contributed by atoms with van der Waals surface area (Å²) >= 11 is 2.09. The van der Waals surface area contributed by atoms with Crippen LogP contribution in [0.3, 0.4) is 0 Å². The fraction of sp³-hybridized carbons (Fsp3) is 0.938. The first-order valence-corrected chi connectivity index (χ1v) is 9.61. The molecule has 0 bridgehead atoms. The summed E-state index contributed by atoms with van der Waals surface area (Å²) in [5.74, 6) is 3.22. The van der Waals surface area contributed by atoms with Gasteiger partial charge in [-0.05, 0) is 63.4 Å². The van der Waals surface area contributed by atoms with Gasteiger partial charge in [-0.15, -0.1) is 0 Å². The van der Waals surface area contributed by atoms with Crippen molar-refractivity contribution in [2.75, 3.05) is 45.5 Å². The molecule has 0 radical (unpaired) electrons. The van der Waals surface area contributed by atoms with E-state index in [0.717, 1.165) is 30.2 Å². The molecule has 1 atom stereocenters. The predicted molar refractivity (Wildman–Crippen MR) is 94.3 cm³/mol. The van der Waals surface area contributed by atoms with E-state index in [1.807, 2.05) is 7.05 Å². The average molecular weight is 313 g/mol. The summed E-state index contributed by atoms with van der Waals surface area (Å²) in [4.78, 5) is 6.92. The third kappa shape index (κ3) is 6.47. The summed E-state index contributed by atoms with van der Waals surface area (Å²) in [6.07, 6.45) is 6.66. The van der Waals surface area contributed by atoms with Crippen LogP contribution in [0, 0.1) is 5.92 Å². The highest BCUT2D eigenvalue weighted by atomic mass is 32.2. The van der Waals surface area contributed by atoms with Gasteiger partial charge in [0.1, 0.15) is 0 Å². The Bertz CT molecular complexity index is 307. The van der Waals surface area contributed by atoms with Crippen molar-refractivity contribution in [2.45, 2.75) is 44.3 Å². The summed E-state index contributed by atoms with van der Waals surface area (Å²) in [5.41, 5.74) is 0. The number of rotatable bonds is 6. The summed E-state index contributed by atoms with van der Waals surface area (Å²) in [5, 5.41) is 7.68. The number of likely N-dealkylation sites (tertiary alicyclic amines) is 1. The molecule has 4 nitrogen and oxygen atoms in total. The maximum Gasteiger partial charge on any atom is 0.191 e. The molecular formula is C16H32N4S. The van der Waals surface area contributed by atoms with Gasteiger partial charge in [0.2, 0.25) is 0 Å². The second kappa shape index (κ2) is 9.57. The first-order chi connectivity index (χ1) is 10.3. The van der Waals surface area contributed by atoms with Crippen LogP contribution in [0.1, 0.15) is 39.0 Å². The van der Waals surface area contributed by atoms with Gasteiger partial charge in [-0.25, -0.2) is 0 Å². The van der Waals surface area contributed by atoms with Gasteiger partial charge in [-0.2, -0.15) is 11.8 Å². The van der Waals surface area contributed by atoms with Crippen molar-refractivity contribution < 1.29 is 0 Å². The Morgan fingerprint density at radius 2 is 2.05 bits per heavy atom. The molecule has 0 amide bonds. The van der Waals surface area contributed by atoms with Crippen LogP contribution >= 0.6 is 11.8 Å². The molecule has 2 fully saturated rings. The van der Waals surface area contributed by atoms with E-state index in [1.54, 1.807) is 0 Å². The van der Waals surface area contributed by atoms with E-state index in [2.05, 4.69) is 39.2 Å². The average Bonchev–Trinajstić information content (AvgIpc) is 3.02. The molecule has 0 saturated carbocycles. The van der Waals surface area contributed by atoms with Crippen molar-refractivity contribution in [3.8, 4) is 0 Å². The maximum atomic E-state index is 4.31. The fourth-order valence-electron chi connectivity index (χ4n) is 3.03. The van der Waals surface area contributed by atoms with Gasteiger partial charge in [-0.1, -0.05) is 6.92 Å². The Morgan fingerprint density at radius 3 is 2.71 bits per heavy atom. The van der Waals surface area contributed by atoms with E-state index < -0.39 is 0 Å². The normalized spacial score (nSPS) is 25.2. The molecule has 2 aliphatic heterocycles. The van der Waals surface area contributed by atoms with Gasteiger partial charge in [0.25, 0.3) is 0 Å². The van der Waals surface area contributed by atoms with E-state index in [4.69, 9.17) is 0 Å². The first-order valence-electron chi connectivity index (χ1n) is 8.56. The second-order valence-electron chi connectivity index (χ2n) is 6.39. The van der Waals surface area contributed by atoms with E-state index in [0.29, 0.717) is 0 Å². The van der Waals surface area contributed by atoms with Crippen molar-refractivity contribution in [1.82, 2.24) is 15.5 Å². The standard InChI is InChI=1S/C16H32N4S/c1-14-6-10-20(11-7-14)9-4-8-18-16(17-2)19-13-15-5-3-12-21-15/h14-15H,3-13H2,1-2H3,(H2,17,18,19). The Labute approximate surface area is 134 Å². The predicted octanol–water partition coefficient (Wildman–Crippen LogP) is 2.17. The summed E-state index contributed by atoms with van der Waals surface area (Å²) in [6, 6.07) is 0. The molecule has 2 aliphatic rings. The number of thioether (sulfide) groups is 1. The Balaban J connectivity index is 1.51. The SMILES string of the molecule is CN=C(NCCCN1CCC(C)CC1)NCC1CCCS1. The van der Waals surface area contributed by atoms with Gasteiger partial charge in [0, 0.05) is 25.4 Å². The number of aliphatic imine (C=N–C) groups is 1. The molecule has 2 heterocycles. The zero-order chi connectivity index (χ0) is 14.9. The molecule has 2 rings (SSSR count). The monoisotopic (exact) mass is 312 g/mol. The minimum Gasteiger partial charge on any atom is -0.356 e. The van der Waals surface area contributed by atoms with Gasteiger partial charge < -0.3 is 15.5 Å². The van der Waals surface area contributed by atoms with Crippen LogP contribution in [-0.2, 0) is 0 Å². The Hall–Kier alpha value is -0.420. The molecule has 0 aromatic carbocycles. The lowest BCUT2D eigenvalue weighted by molar-refractivity contribution is 0.191. The molecule has 21 heavy (non-hydrogen) atoms. The van der Waals surface area contributed by atoms with E-state index >= 15 is 0 Å². The number of hydrogen-bond donors (Lipinski definition) is 2. The number of piperidine rings is 1. The van der Waals surface area contributed by atoms with E-state index in [1.165, 1.54) is 57.5 Å². The largest absolute Gasteiger partial charge is 0.356 e. The third-order valence-electron chi connectivity index (χ3n) is 4.56. The molecule has 0 aromatic heterocycles. The number of nitrogens with zero attached hydrogens (tertiary/aromatic N) is 2. The van der Waals surface area contributed by atoms with Crippen LogP contribution in [-0.4, -0.2) is 61.6 Å². The molecule has 2 N–H and O–H groups in total. The lowest BCUT2D eigenvalue weighted by Crippen LogP contribution is -2.41. The summed E-state index contributed by atoms with van der Waals surface area (Å²) in [6.45, 7) is 8.23. The van der Waals surface area contributed by atoms with E-state index in [9.17, 15) is 0 Å². The highest BCUT2D eigenvalue weighted by Gasteiger charge is 2.16. The van der Waals surface area contributed by atoms with Crippen molar-refractivity contribution in [1.29, 1.82) is 0 Å². The van der Waals surface area contributed by atoms with Gasteiger partial charge in [-0.3, -0.25) is 4.99 Å². The molecule has 0 aliphatic carbocycles. The van der Waals surface area contributed by atoms with Crippen LogP contribution < -0.4 is 10.6 Å². The van der Waals surface area contributed by atoms with Gasteiger partial charge >= 0.3 is 0 Å². The summed E-state index contributed by atoms with van der Waals surface area (Å²) < 4.78 is 0. The number of guanidine groups is 1. The minimum atomic E-state index is 0.777. The van der Waals surface area contributed by atoms with Crippen molar-refractivity contribution >= 4 is 17.7 Å². The lowest BCUT2D eigenvalue weighted by atomic mass is 9.99. The fourth-order valence-corrected chi connectivity index (χ4v) is 4.23. The highest BCUT2D eigenvalue weighted by Crippen LogP contribution is 2.25. The Kier molecular flexibility index (Phi) is 7.72.